The number of carbonyl (C=O) groups is 1. The fourth-order valence-corrected chi connectivity index (χ4v) is 4.28. The van der Waals surface area contributed by atoms with Crippen molar-refractivity contribution < 1.29 is 26.7 Å². The van der Waals surface area contributed by atoms with E-state index in [4.69, 9.17) is 4.74 Å². The van der Waals surface area contributed by atoms with E-state index in [1.165, 1.54) is 29.3 Å². The number of ether oxygens (including phenoxy) is 1. The Morgan fingerprint density at radius 2 is 1.81 bits per heavy atom. The molecule has 0 saturated carbocycles. The molecule has 0 radical (unpaired) electrons. The maximum Gasteiger partial charge on any atom is 0.263 e. The number of rotatable bonds is 5. The van der Waals surface area contributed by atoms with Gasteiger partial charge in [-0.25, -0.2) is 22.2 Å². The van der Waals surface area contributed by atoms with Gasteiger partial charge in [0.1, 0.15) is 17.4 Å². The molecule has 2 heterocycles. The summed E-state index contributed by atoms with van der Waals surface area (Å²) in [5.41, 5.74) is -0.251. The predicted octanol–water partition coefficient (Wildman–Crippen LogP) is 4.32. The molecule has 0 spiro atoms. The molecule has 0 fully saturated rings. The van der Waals surface area contributed by atoms with Gasteiger partial charge in [-0.05, 0) is 48.9 Å². The average molecular weight is 445 g/mol. The van der Waals surface area contributed by atoms with Crippen LogP contribution in [0.4, 0.5) is 20.3 Å². The molecule has 1 amide bonds. The number of sulfonamides is 1. The lowest BCUT2D eigenvalue weighted by molar-refractivity contribution is 0.0986. The van der Waals surface area contributed by atoms with E-state index in [1.54, 1.807) is 12.1 Å². The predicted molar refractivity (Wildman–Crippen MR) is 110 cm³/mol. The standard InChI is InChI=1S/C21H17F2N3O4S/c1-2-8-26-20-19(4-3-7-24-20)30-18-6-5-16(12-17(18)21(26)27)31(28,29)25-15-10-13(22)9-14(23)11-15/h3-7,9-12,25H,2,8H2,1H3. The molecule has 1 aliphatic rings. The molecule has 0 saturated heterocycles. The zero-order valence-electron chi connectivity index (χ0n) is 16.3. The van der Waals surface area contributed by atoms with E-state index in [0.29, 0.717) is 30.6 Å². The van der Waals surface area contributed by atoms with Crippen molar-refractivity contribution in [3.8, 4) is 11.5 Å². The van der Waals surface area contributed by atoms with E-state index < -0.39 is 27.6 Å². The van der Waals surface area contributed by atoms with Gasteiger partial charge in [0.2, 0.25) is 0 Å². The molecule has 3 aromatic rings. The Hall–Kier alpha value is -3.53. The van der Waals surface area contributed by atoms with Crippen molar-refractivity contribution in [2.75, 3.05) is 16.2 Å². The summed E-state index contributed by atoms with van der Waals surface area (Å²) < 4.78 is 60.4. The summed E-state index contributed by atoms with van der Waals surface area (Å²) in [6.45, 7) is 2.24. The number of fused-ring (bicyclic) bond motifs is 2. The minimum Gasteiger partial charge on any atom is -0.453 e. The average Bonchev–Trinajstić information content (AvgIpc) is 2.82. The van der Waals surface area contributed by atoms with Gasteiger partial charge in [-0.2, -0.15) is 0 Å². The van der Waals surface area contributed by atoms with E-state index in [-0.39, 0.29) is 21.9 Å². The van der Waals surface area contributed by atoms with Crippen LogP contribution in [0.15, 0.2) is 59.6 Å². The van der Waals surface area contributed by atoms with Gasteiger partial charge in [-0.3, -0.25) is 14.4 Å². The highest BCUT2D eigenvalue weighted by molar-refractivity contribution is 7.92. The third kappa shape index (κ3) is 4.06. The van der Waals surface area contributed by atoms with Gasteiger partial charge in [-0.15, -0.1) is 0 Å². The van der Waals surface area contributed by atoms with Gasteiger partial charge in [0.25, 0.3) is 15.9 Å². The molecule has 4 rings (SSSR count). The molecule has 2 aromatic carbocycles. The minimum atomic E-state index is -4.24. The lowest BCUT2D eigenvalue weighted by Gasteiger charge is -2.20. The third-order valence-electron chi connectivity index (χ3n) is 4.53. The molecule has 1 aliphatic heterocycles. The fraction of sp³-hybridized carbons (Fsp3) is 0.143. The molecular formula is C21H17F2N3O4S. The Kier molecular flexibility index (Phi) is 5.32. The summed E-state index contributed by atoms with van der Waals surface area (Å²) in [6, 6.07) is 9.44. The summed E-state index contributed by atoms with van der Waals surface area (Å²) in [6.07, 6.45) is 2.17. The Morgan fingerprint density at radius 1 is 1.06 bits per heavy atom. The van der Waals surface area contributed by atoms with Gasteiger partial charge < -0.3 is 4.74 Å². The largest absolute Gasteiger partial charge is 0.453 e. The topological polar surface area (TPSA) is 88.6 Å². The molecule has 0 aliphatic carbocycles. The Balaban J connectivity index is 1.75. The molecular weight excluding hydrogens is 428 g/mol. The smallest absolute Gasteiger partial charge is 0.263 e. The molecule has 31 heavy (non-hydrogen) atoms. The minimum absolute atomic E-state index is 0.0275. The van der Waals surface area contributed by atoms with Crippen LogP contribution < -0.4 is 14.4 Å². The highest BCUT2D eigenvalue weighted by Gasteiger charge is 2.30. The molecule has 7 nitrogen and oxygen atoms in total. The molecule has 160 valence electrons. The van der Waals surface area contributed by atoms with Crippen molar-refractivity contribution in [1.82, 2.24) is 4.98 Å². The summed E-state index contributed by atoms with van der Waals surface area (Å²) in [5.74, 6) is -1.44. The maximum absolute atomic E-state index is 13.4. The number of nitrogens with zero attached hydrogens (tertiary/aromatic N) is 2. The maximum atomic E-state index is 13.4. The number of benzene rings is 2. The quantitative estimate of drug-likeness (QED) is 0.632. The second kappa shape index (κ2) is 7.95. The zero-order chi connectivity index (χ0) is 22.2. The molecule has 10 heteroatoms. The van der Waals surface area contributed by atoms with E-state index in [2.05, 4.69) is 9.71 Å². The number of carbonyl (C=O) groups excluding carboxylic acids is 1. The number of anilines is 2. The Labute approximate surface area is 177 Å². The number of hydrogen-bond acceptors (Lipinski definition) is 5. The van der Waals surface area contributed by atoms with Crippen LogP contribution in [0.25, 0.3) is 0 Å². The van der Waals surface area contributed by atoms with Crippen molar-refractivity contribution in [2.24, 2.45) is 0 Å². The Bertz CT molecular complexity index is 1260. The van der Waals surface area contributed by atoms with Crippen molar-refractivity contribution in [3.05, 3.63) is 71.9 Å². The van der Waals surface area contributed by atoms with Gasteiger partial charge in [-0.1, -0.05) is 6.92 Å². The summed E-state index contributed by atoms with van der Waals surface area (Å²) in [5, 5.41) is 0. The highest BCUT2D eigenvalue weighted by Crippen LogP contribution is 2.38. The van der Waals surface area contributed by atoms with Crippen molar-refractivity contribution in [1.29, 1.82) is 0 Å². The van der Waals surface area contributed by atoms with Gasteiger partial charge in [0.05, 0.1) is 16.1 Å². The number of nitrogens with one attached hydrogen (secondary N) is 1. The summed E-state index contributed by atoms with van der Waals surface area (Å²) in [7, 11) is -4.24. The highest BCUT2D eigenvalue weighted by atomic mass is 32.2. The van der Waals surface area contributed by atoms with Crippen molar-refractivity contribution >= 4 is 27.4 Å². The number of hydrogen-bond donors (Lipinski definition) is 1. The lowest BCUT2D eigenvalue weighted by atomic mass is 10.1. The lowest BCUT2D eigenvalue weighted by Crippen LogP contribution is -2.31. The van der Waals surface area contributed by atoms with E-state index in [0.717, 1.165) is 12.1 Å². The number of aromatic nitrogens is 1. The van der Waals surface area contributed by atoms with Gasteiger partial charge in [0, 0.05) is 18.8 Å². The van der Waals surface area contributed by atoms with Crippen molar-refractivity contribution in [2.45, 2.75) is 18.2 Å². The van der Waals surface area contributed by atoms with Crippen LogP contribution in [0, 0.1) is 11.6 Å². The molecule has 1 N–H and O–H groups in total. The van der Waals surface area contributed by atoms with E-state index >= 15 is 0 Å². The summed E-state index contributed by atoms with van der Waals surface area (Å²) >= 11 is 0. The van der Waals surface area contributed by atoms with Crippen LogP contribution in [-0.2, 0) is 10.0 Å². The second-order valence-electron chi connectivity index (χ2n) is 6.81. The first kappa shape index (κ1) is 20.7. The van der Waals surface area contributed by atoms with Crippen LogP contribution in [0.2, 0.25) is 0 Å². The molecule has 0 unspecified atom stereocenters. The number of pyridine rings is 1. The Morgan fingerprint density at radius 3 is 2.52 bits per heavy atom. The van der Waals surface area contributed by atoms with Crippen LogP contribution >= 0.6 is 0 Å². The first-order valence-electron chi connectivity index (χ1n) is 9.36. The molecule has 0 bridgehead atoms. The van der Waals surface area contributed by atoms with E-state index in [9.17, 15) is 22.0 Å². The molecule has 1 aromatic heterocycles. The fourth-order valence-electron chi connectivity index (χ4n) is 3.21. The zero-order valence-corrected chi connectivity index (χ0v) is 17.1. The van der Waals surface area contributed by atoms with E-state index in [1.807, 2.05) is 6.92 Å². The summed E-state index contributed by atoms with van der Waals surface area (Å²) in [4.78, 5) is 18.6. The van der Waals surface area contributed by atoms with Gasteiger partial charge in [0.15, 0.2) is 11.6 Å². The monoisotopic (exact) mass is 445 g/mol. The first-order valence-corrected chi connectivity index (χ1v) is 10.8. The van der Waals surface area contributed by atoms with Crippen LogP contribution in [0.1, 0.15) is 23.7 Å². The second-order valence-corrected chi connectivity index (χ2v) is 8.49. The normalized spacial score (nSPS) is 13.1. The third-order valence-corrected chi connectivity index (χ3v) is 5.90. The van der Waals surface area contributed by atoms with Crippen LogP contribution in [0.5, 0.6) is 11.5 Å². The number of halogens is 2. The number of amides is 1. The van der Waals surface area contributed by atoms with Crippen LogP contribution in [-0.4, -0.2) is 25.9 Å². The van der Waals surface area contributed by atoms with Gasteiger partial charge >= 0.3 is 0 Å². The molecule has 0 atom stereocenters. The first-order chi connectivity index (χ1) is 14.8. The van der Waals surface area contributed by atoms with Crippen molar-refractivity contribution in [3.63, 3.8) is 0 Å². The SMILES string of the molecule is CCCN1C(=O)c2cc(S(=O)(=O)Nc3cc(F)cc(F)c3)ccc2Oc2cccnc21. The van der Waals surface area contributed by atoms with Crippen LogP contribution in [0.3, 0.4) is 0 Å².